The van der Waals surface area contributed by atoms with Gasteiger partial charge in [0.15, 0.2) is 6.61 Å². The number of methoxy groups -OCH3 is 1. The first-order valence-electron chi connectivity index (χ1n) is 9.10. The molecule has 0 spiro atoms. The highest BCUT2D eigenvalue weighted by molar-refractivity contribution is 9.10. The van der Waals surface area contributed by atoms with Gasteiger partial charge in [-0.1, -0.05) is 22.0 Å². The molecule has 1 aliphatic heterocycles. The standard InChI is InChI=1S/C22H19BrN2O4/c1-27-17-9-7-15(8-10-17)19-13-20(21-6-3-11-28-21)25(24-19)22(26)14-29-18-5-2-4-16(23)12-18/h2-12,20H,13-14H2,1H3. The topological polar surface area (TPSA) is 64.3 Å². The summed E-state index contributed by atoms with van der Waals surface area (Å²) in [6.07, 6.45) is 2.16. The van der Waals surface area contributed by atoms with E-state index in [1.807, 2.05) is 48.5 Å². The summed E-state index contributed by atoms with van der Waals surface area (Å²) in [5, 5.41) is 6.05. The molecule has 0 saturated heterocycles. The molecule has 0 bridgehead atoms. The highest BCUT2D eigenvalue weighted by atomic mass is 79.9. The van der Waals surface area contributed by atoms with Crippen molar-refractivity contribution in [1.29, 1.82) is 0 Å². The van der Waals surface area contributed by atoms with Gasteiger partial charge in [0.2, 0.25) is 0 Å². The molecule has 1 aliphatic rings. The van der Waals surface area contributed by atoms with Gasteiger partial charge in [0.05, 0.1) is 19.1 Å². The molecule has 2 aromatic carbocycles. The average Bonchev–Trinajstić information content (AvgIpc) is 3.42. The van der Waals surface area contributed by atoms with Crippen LogP contribution in [0.5, 0.6) is 11.5 Å². The van der Waals surface area contributed by atoms with E-state index in [-0.39, 0.29) is 18.6 Å². The monoisotopic (exact) mass is 454 g/mol. The van der Waals surface area contributed by atoms with E-state index < -0.39 is 0 Å². The maximum atomic E-state index is 12.9. The summed E-state index contributed by atoms with van der Waals surface area (Å²) in [4.78, 5) is 12.9. The van der Waals surface area contributed by atoms with Gasteiger partial charge in [-0.15, -0.1) is 0 Å². The lowest BCUT2D eigenvalue weighted by molar-refractivity contribution is -0.135. The van der Waals surface area contributed by atoms with Crippen LogP contribution in [0.3, 0.4) is 0 Å². The van der Waals surface area contributed by atoms with Crippen molar-refractivity contribution in [3.8, 4) is 11.5 Å². The lowest BCUT2D eigenvalue weighted by Crippen LogP contribution is -2.31. The maximum Gasteiger partial charge on any atom is 0.281 e. The van der Waals surface area contributed by atoms with Crippen LogP contribution in [0.25, 0.3) is 0 Å². The second kappa shape index (κ2) is 8.53. The fraction of sp³-hybridized carbons (Fsp3) is 0.182. The Morgan fingerprint density at radius 1 is 1.17 bits per heavy atom. The molecule has 29 heavy (non-hydrogen) atoms. The molecule has 2 heterocycles. The van der Waals surface area contributed by atoms with E-state index in [9.17, 15) is 4.79 Å². The SMILES string of the molecule is COc1ccc(C2=NN(C(=O)COc3cccc(Br)c3)C(c3ccco3)C2)cc1. The van der Waals surface area contributed by atoms with E-state index in [1.165, 1.54) is 5.01 Å². The molecule has 0 radical (unpaired) electrons. The third-order valence-electron chi connectivity index (χ3n) is 4.62. The van der Waals surface area contributed by atoms with Crippen LogP contribution in [-0.4, -0.2) is 30.3 Å². The number of amides is 1. The zero-order chi connectivity index (χ0) is 20.2. The van der Waals surface area contributed by atoms with Gasteiger partial charge in [-0.05, 0) is 60.2 Å². The molecule has 7 heteroatoms. The van der Waals surface area contributed by atoms with Gasteiger partial charge in [-0.3, -0.25) is 4.79 Å². The van der Waals surface area contributed by atoms with Crippen molar-refractivity contribution in [2.45, 2.75) is 12.5 Å². The molecule has 4 rings (SSSR count). The van der Waals surface area contributed by atoms with Gasteiger partial charge in [-0.25, -0.2) is 5.01 Å². The molecular formula is C22H19BrN2O4. The summed E-state index contributed by atoms with van der Waals surface area (Å²) in [6, 6.07) is 18.3. The van der Waals surface area contributed by atoms with Crippen molar-refractivity contribution >= 4 is 27.5 Å². The number of hydrogen-bond acceptors (Lipinski definition) is 5. The first-order valence-corrected chi connectivity index (χ1v) is 9.89. The molecule has 0 saturated carbocycles. The number of carbonyl (C=O) groups is 1. The number of carbonyl (C=O) groups excluding carboxylic acids is 1. The van der Waals surface area contributed by atoms with Crippen LogP contribution in [0.1, 0.15) is 23.8 Å². The Morgan fingerprint density at radius 2 is 2.00 bits per heavy atom. The van der Waals surface area contributed by atoms with Gasteiger partial charge < -0.3 is 13.9 Å². The minimum Gasteiger partial charge on any atom is -0.497 e. The van der Waals surface area contributed by atoms with Crippen LogP contribution < -0.4 is 9.47 Å². The van der Waals surface area contributed by atoms with Gasteiger partial charge in [0.1, 0.15) is 23.3 Å². The summed E-state index contributed by atoms with van der Waals surface area (Å²) in [6.45, 7) is -0.118. The molecule has 6 nitrogen and oxygen atoms in total. The number of ether oxygens (including phenoxy) is 2. The Bertz CT molecular complexity index is 1020. The van der Waals surface area contributed by atoms with Crippen LogP contribution in [0.15, 0.2) is 80.9 Å². The Balaban J connectivity index is 1.54. The van der Waals surface area contributed by atoms with Crippen LogP contribution in [0.4, 0.5) is 0 Å². The van der Waals surface area contributed by atoms with Crippen molar-refractivity contribution in [3.05, 3.63) is 82.7 Å². The lowest BCUT2D eigenvalue weighted by atomic mass is 10.0. The van der Waals surface area contributed by atoms with Crippen molar-refractivity contribution in [2.24, 2.45) is 5.10 Å². The van der Waals surface area contributed by atoms with Crippen molar-refractivity contribution in [3.63, 3.8) is 0 Å². The van der Waals surface area contributed by atoms with Crippen molar-refractivity contribution < 1.29 is 18.7 Å². The molecule has 1 atom stereocenters. The van der Waals surface area contributed by atoms with E-state index in [0.29, 0.717) is 17.9 Å². The van der Waals surface area contributed by atoms with E-state index in [1.54, 1.807) is 25.5 Å². The Morgan fingerprint density at radius 3 is 2.69 bits per heavy atom. The molecule has 1 unspecified atom stereocenters. The average molecular weight is 455 g/mol. The number of halogens is 1. The van der Waals surface area contributed by atoms with Gasteiger partial charge >= 0.3 is 0 Å². The lowest BCUT2D eigenvalue weighted by Gasteiger charge is -2.20. The second-order valence-electron chi connectivity index (χ2n) is 6.49. The number of hydrazone groups is 1. The molecule has 148 valence electrons. The summed E-state index contributed by atoms with van der Waals surface area (Å²) < 4.78 is 17.3. The predicted molar refractivity (Wildman–Crippen MR) is 112 cm³/mol. The predicted octanol–water partition coefficient (Wildman–Crippen LogP) is 4.81. The molecule has 0 fully saturated rings. The minimum atomic E-state index is -0.305. The third kappa shape index (κ3) is 4.35. The second-order valence-corrected chi connectivity index (χ2v) is 7.41. The zero-order valence-corrected chi connectivity index (χ0v) is 17.3. The summed E-state index contributed by atoms with van der Waals surface area (Å²) in [5.74, 6) is 1.83. The Hall–Kier alpha value is -3.06. The molecule has 0 N–H and O–H groups in total. The minimum absolute atomic E-state index is 0.118. The van der Waals surface area contributed by atoms with Gasteiger partial charge in [0.25, 0.3) is 5.91 Å². The largest absolute Gasteiger partial charge is 0.497 e. The van der Waals surface area contributed by atoms with Crippen molar-refractivity contribution in [2.75, 3.05) is 13.7 Å². The van der Waals surface area contributed by atoms with E-state index >= 15 is 0 Å². The molecule has 3 aromatic rings. The molecule has 1 aromatic heterocycles. The highest BCUT2D eigenvalue weighted by Gasteiger charge is 2.35. The number of furan rings is 1. The quantitative estimate of drug-likeness (QED) is 0.536. The van der Waals surface area contributed by atoms with Crippen LogP contribution in [-0.2, 0) is 4.79 Å². The summed E-state index contributed by atoms with van der Waals surface area (Å²) in [7, 11) is 1.63. The van der Waals surface area contributed by atoms with Gasteiger partial charge in [-0.2, -0.15) is 5.10 Å². The normalized spacial score (nSPS) is 15.9. The van der Waals surface area contributed by atoms with Crippen LogP contribution in [0, 0.1) is 0 Å². The molecule has 1 amide bonds. The fourth-order valence-electron chi connectivity index (χ4n) is 3.17. The Kier molecular flexibility index (Phi) is 5.67. The number of hydrogen-bond donors (Lipinski definition) is 0. The van der Waals surface area contributed by atoms with Crippen LogP contribution in [0.2, 0.25) is 0 Å². The maximum absolute atomic E-state index is 12.9. The number of benzene rings is 2. The molecular weight excluding hydrogens is 436 g/mol. The first-order chi connectivity index (χ1) is 14.1. The first kappa shape index (κ1) is 19.3. The third-order valence-corrected chi connectivity index (χ3v) is 5.11. The summed E-state index contributed by atoms with van der Waals surface area (Å²) in [5.41, 5.74) is 1.75. The number of nitrogens with zero attached hydrogens (tertiary/aromatic N) is 2. The van der Waals surface area contributed by atoms with Gasteiger partial charge in [0, 0.05) is 10.9 Å². The Labute approximate surface area is 176 Å². The van der Waals surface area contributed by atoms with Crippen LogP contribution >= 0.6 is 15.9 Å². The number of rotatable bonds is 6. The zero-order valence-electron chi connectivity index (χ0n) is 15.7. The highest BCUT2D eigenvalue weighted by Crippen LogP contribution is 2.33. The molecule has 0 aliphatic carbocycles. The van der Waals surface area contributed by atoms with E-state index in [4.69, 9.17) is 13.9 Å². The van der Waals surface area contributed by atoms with E-state index in [2.05, 4.69) is 21.0 Å². The summed E-state index contributed by atoms with van der Waals surface area (Å²) >= 11 is 3.40. The fourth-order valence-corrected chi connectivity index (χ4v) is 3.55. The van der Waals surface area contributed by atoms with E-state index in [0.717, 1.165) is 21.5 Å². The van der Waals surface area contributed by atoms with Crippen molar-refractivity contribution in [1.82, 2.24) is 5.01 Å². The smallest absolute Gasteiger partial charge is 0.281 e.